The Balaban J connectivity index is 2.17. The monoisotopic (exact) mass is 227 g/mol. The quantitative estimate of drug-likeness (QED) is 0.648. The smallest absolute Gasteiger partial charge is 0.230 e. The van der Waals surface area contributed by atoms with Crippen molar-refractivity contribution in [2.75, 3.05) is 19.8 Å². The molecular weight excluding hydrogens is 206 g/mol. The molecule has 0 aliphatic heterocycles. The van der Waals surface area contributed by atoms with Gasteiger partial charge in [0.25, 0.3) is 0 Å². The standard InChI is InChI=1S/C11H21N3O2/c1-3-7-12-9-11-14-13-10(16-11)6-5-8-15-4-2/h12H,3-9H2,1-2H3. The SMILES string of the molecule is CCCNCc1nnc(CCCOCC)o1. The number of nitrogens with zero attached hydrogens (tertiary/aromatic N) is 2. The summed E-state index contributed by atoms with van der Waals surface area (Å²) in [6.45, 7) is 7.26. The molecule has 16 heavy (non-hydrogen) atoms. The molecule has 5 nitrogen and oxygen atoms in total. The van der Waals surface area contributed by atoms with Crippen molar-refractivity contribution in [2.45, 2.75) is 39.7 Å². The maximum Gasteiger partial charge on any atom is 0.230 e. The van der Waals surface area contributed by atoms with E-state index in [4.69, 9.17) is 9.15 Å². The first-order chi connectivity index (χ1) is 7.86. The molecule has 1 aromatic heterocycles. The molecule has 1 aromatic rings. The van der Waals surface area contributed by atoms with E-state index in [2.05, 4.69) is 22.4 Å². The largest absolute Gasteiger partial charge is 0.424 e. The third-order valence-electron chi connectivity index (χ3n) is 2.10. The third-order valence-corrected chi connectivity index (χ3v) is 2.10. The lowest BCUT2D eigenvalue weighted by atomic mass is 10.3. The first-order valence-corrected chi connectivity index (χ1v) is 5.96. The summed E-state index contributed by atoms with van der Waals surface area (Å²) in [4.78, 5) is 0. The molecule has 0 aromatic carbocycles. The predicted octanol–water partition coefficient (Wildman–Crippen LogP) is 1.54. The van der Waals surface area contributed by atoms with Crippen molar-refractivity contribution in [1.29, 1.82) is 0 Å². The van der Waals surface area contributed by atoms with Gasteiger partial charge in [-0.15, -0.1) is 10.2 Å². The number of aromatic nitrogens is 2. The Kier molecular flexibility index (Phi) is 6.76. The van der Waals surface area contributed by atoms with E-state index < -0.39 is 0 Å². The van der Waals surface area contributed by atoms with Crippen LogP contribution in [0.3, 0.4) is 0 Å². The van der Waals surface area contributed by atoms with Crippen LogP contribution in [0.15, 0.2) is 4.42 Å². The Hall–Kier alpha value is -0.940. The van der Waals surface area contributed by atoms with Gasteiger partial charge >= 0.3 is 0 Å². The second-order valence-electron chi connectivity index (χ2n) is 3.57. The second-order valence-corrected chi connectivity index (χ2v) is 3.57. The molecule has 0 aliphatic rings. The van der Waals surface area contributed by atoms with E-state index in [0.29, 0.717) is 18.3 Å². The molecular formula is C11H21N3O2. The van der Waals surface area contributed by atoms with E-state index in [1.54, 1.807) is 0 Å². The van der Waals surface area contributed by atoms with Crippen LogP contribution < -0.4 is 5.32 Å². The van der Waals surface area contributed by atoms with E-state index in [1.807, 2.05) is 6.92 Å². The van der Waals surface area contributed by atoms with E-state index in [-0.39, 0.29) is 0 Å². The summed E-state index contributed by atoms with van der Waals surface area (Å²) in [5.74, 6) is 1.37. The van der Waals surface area contributed by atoms with Gasteiger partial charge in [-0.2, -0.15) is 0 Å². The lowest BCUT2D eigenvalue weighted by molar-refractivity contribution is 0.143. The van der Waals surface area contributed by atoms with Gasteiger partial charge in [-0.3, -0.25) is 0 Å². The Morgan fingerprint density at radius 2 is 2.06 bits per heavy atom. The highest BCUT2D eigenvalue weighted by atomic mass is 16.5. The highest BCUT2D eigenvalue weighted by Crippen LogP contribution is 2.02. The number of rotatable bonds is 9. The molecule has 1 rings (SSSR count). The van der Waals surface area contributed by atoms with Gasteiger partial charge in [-0.25, -0.2) is 0 Å². The topological polar surface area (TPSA) is 60.2 Å². The molecule has 0 amide bonds. The number of aryl methyl sites for hydroxylation is 1. The van der Waals surface area contributed by atoms with Crippen LogP contribution >= 0.6 is 0 Å². The lowest BCUT2D eigenvalue weighted by Gasteiger charge is -1.98. The maximum absolute atomic E-state index is 5.47. The summed E-state index contributed by atoms with van der Waals surface area (Å²) in [6, 6.07) is 0. The minimum absolute atomic E-state index is 0.659. The zero-order valence-electron chi connectivity index (χ0n) is 10.2. The van der Waals surface area contributed by atoms with Crippen LogP contribution in [0.25, 0.3) is 0 Å². The minimum atomic E-state index is 0.659. The highest BCUT2D eigenvalue weighted by Gasteiger charge is 2.04. The fraction of sp³-hybridized carbons (Fsp3) is 0.818. The molecule has 0 unspecified atom stereocenters. The van der Waals surface area contributed by atoms with Gasteiger partial charge in [0.05, 0.1) is 6.54 Å². The van der Waals surface area contributed by atoms with Gasteiger partial charge in [0.2, 0.25) is 11.8 Å². The minimum Gasteiger partial charge on any atom is -0.424 e. The summed E-state index contributed by atoms with van der Waals surface area (Å²) in [5.41, 5.74) is 0. The van der Waals surface area contributed by atoms with E-state index in [9.17, 15) is 0 Å². The number of hydrogen-bond acceptors (Lipinski definition) is 5. The van der Waals surface area contributed by atoms with Crippen molar-refractivity contribution >= 4 is 0 Å². The van der Waals surface area contributed by atoms with Crippen LogP contribution in [0, 0.1) is 0 Å². The molecule has 1 heterocycles. The third kappa shape index (κ3) is 5.23. The molecule has 0 radical (unpaired) electrons. The Morgan fingerprint density at radius 3 is 2.81 bits per heavy atom. The maximum atomic E-state index is 5.47. The summed E-state index contributed by atoms with van der Waals surface area (Å²) < 4.78 is 10.7. The number of nitrogens with one attached hydrogen (secondary N) is 1. The van der Waals surface area contributed by atoms with Crippen LogP contribution in [-0.4, -0.2) is 30.0 Å². The van der Waals surface area contributed by atoms with Crippen molar-refractivity contribution < 1.29 is 9.15 Å². The van der Waals surface area contributed by atoms with E-state index >= 15 is 0 Å². The molecule has 0 fully saturated rings. The normalized spacial score (nSPS) is 10.9. The van der Waals surface area contributed by atoms with E-state index in [1.165, 1.54) is 0 Å². The zero-order chi connectivity index (χ0) is 11.6. The first-order valence-electron chi connectivity index (χ1n) is 5.96. The van der Waals surface area contributed by atoms with Crippen LogP contribution in [0.4, 0.5) is 0 Å². The van der Waals surface area contributed by atoms with Gasteiger partial charge in [-0.1, -0.05) is 6.92 Å². The Morgan fingerprint density at radius 1 is 1.25 bits per heavy atom. The average molecular weight is 227 g/mol. The van der Waals surface area contributed by atoms with Crippen molar-refractivity contribution in [3.05, 3.63) is 11.8 Å². The predicted molar refractivity (Wildman–Crippen MR) is 61.1 cm³/mol. The summed E-state index contributed by atoms with van der Waals surface area (Å²) in [7, 11) is 0. The van der Waals surface area contributed by atoms with E-state index in [0.717, 1.165) is 39.0 Å². The van der Waals surface area contributed by atoms with Crippen LogP contribution in [0.5, 0.6) is 0 Å². The average Bonchev–Trinajstić information content (AvgIpc) is 2.73. The van der Waals surface area contributed by atoms with Crippen LogP contribution in [0.1, 0.15) is 38.5 Å². The summed E-state index contributed by atoms with van der Waals surface area (Å²) in [5, 5.41) is 11.2. The molecule has 0 saturated carbocycles. The second kappa shape index (κ2) is 8.24. The Bertz CT molecular complexity index is 276. The molecule has 92 valence electrons. The molecule has 0 bridgehead atoms. The lowest BCUT2D eigenvalue weighted by Crippen LogP contribution is -2.13. The molecule has 0 aliphatic carbocycles. The Labute approximate surface area is 96.6 Å². The first kappa shape index (κ1) is 13.1. The summed E-state index contributed by atoms with van der Waals surface area (Å²) in [6.07, 6.45) is 2.83. The number of ether oxygens (including phenoxy) is 1. The van der Waals surface area contributed by atoms with Crippen LogP contribution in [0.2, 0.25) is 0 Å². The summed E-state index contributed by atoms with van der Waals surface area (Å²) >= 11 is 0. The van der Waals surface area contributed by atoms with Gasteiger partial charge in [-0.05, 0) is 26.3 Å². The molecule has 0 saturated heterocycles. The highest BCUT2D eigenvalue weighted by molar-refractivity contribution is 4.81. The van der Waals surface area contributed by atoms with Crippen molar-refractivity contribution in [1.82, 2.24) is 15.5 Å². The van der Waals surface area contributed by atoms with Gasteiger partial charge in [0.1, 0.15) is 0 Å². The number of hydrogen-bond donors (Lipinski definition) is 1. The van der Waals surface area contributed by atoms with Gasteiger partial charge < -0.3 is 14.5 Å². The van der Waals surface area contributed by atoms with Crippen molar-refractivity contribution in [3.8, 4) is 0 Å². The van der Waals surface area contributed by atoms with Gasteiger partial charge in [0.15, 0.2) is 0 Å². The van der Waals surface area contributed by atoms with Gasteiger partial charge in [0, 0.05) is 19.6 Å². The molecule has 0 spiro atoms. The zero-order valence-corrected chi connectivity index (χ0v) is 10.2. The molecule has 0 atom stereocenters. The molecule has 5 heteroatoms. The van der Waals surface area contributed by atoms with Crippen molar-refractivity contribution in [3.63, 3.8) is 0 Å². The molecule has 1 N–H and O–H groups in total. The van der Waals surface area contributed by atoms with Crippen molar-refractivity contribution in [2.24, 2.45) is 0 Å². The van der Waals surface area contributed by atoms with Crippen LogP contribution in [-0.2, 0) is 17.7 Å². The fourth-order valence-electron chi connectivity index (χ4n) is 1.30. The fourth-order valence-corrected chi connectivity index (χ4v) is 1.30.